The molecule has 1 aromatic heterocycles. The van der Waals surface area contributed by atoms with Crippen LogP contribution in [0.4, 0.5) is 9.52 Å². The first-order valence-electron chi connectivity index (χ1n) is 11.8. The van der Waals surface area contributed by atoms with Gasteiger partial charge >= 0.3 is 11.9 Å². The number of carbonyl (C=O) groups is 3. The minimum absolute atomic E-state index is 0.0584. The van der Waals surface area contributed by atoms with Crippen molar-refractivity contribution in [1.29, 1.82) is 0 Å². The number of aliphatic hydroxyl groups is 1. The van der Waals surface area contributed by atoms with E-state index in [-0.39, 0.29) is 27.8 Å². The van der Waals surface area contributed by atoms with Crippen LogP contribution in [0.5, 0.6) is 11.5 Å². The predicted molar refractivity (Wildman–Crippen MR) is 143 cm³/mol. The van der Waals surface area contributed by atoms with Gasteiger partial charge in [-0.15, -0.1) is 0 Å². The second-order valence-electron chi connectivity index (χ2n) is 8.32. The molecule has 1 atom stereocenters. The molecule has 1 saturated heterocycles. The van der Waals surface area contributed by atoms with E-state index in [0.29, 0.717) is 29.4 Å². The second-order valence-corrected chi connectivity index (χ2v) is 9.29. The molecule has 1 aliphatic heterocycles. The summed E-state index contributed by atoms with van der Waals surface area (Å²) in [6, 6.07) is 8.56. The highest BCUT2D eigenvalue weighted by atomic mass is 32.1. The average molecular weight is 553 g/mol. The van der Waals surface area contributed by atoms with Crippen LogP contribution in [0.1, 0.15) is 39.5 Å². The highest BCUT2D eigenvalue weighted by Crippen LogP contribution is 2.45. The van der Waals surface area contributed by atoms with E-state index in [0.717, 1.165) is 28.4 Å². The number of methoxy groups -OCH3 is 1. The van der Waals surface area contributed by atoms with Gasteiger partial charge in [-0.05, 0) is 55.8 Å². The summed E-state index contributed by atoms with van der Waals surface area (Å²) in [5.74, 6) is -2.85. The summed E-state index contributed by atoms with van der Waals surface area (Å²) in [4.78, 5) is 44.7. The Labute approximate surface area is 227 Å². The maximum atomic E-state index is 13.6. The molecular formula is C28H25FN2O7S. The molecule has 2 aromatic carbocycles. The molecule has 1 N–H and O–H groups in total. The Balaban J connectivity index is 1.94. The largest absolute Gasteiger partial charge is 0.507 e. The average Bonchev–Trinajstić information content (AvgIpc) is 3.44. The van der Waals surface area contributed by atoms with Crippen molar-refractivity contribution in [2.45, 2.75) is 19.9 Å². The summed E-state index contributed by atoms with van der Waals surface area (Å²) >= 11 is 0.880. The van der Waals surface area contributed by atoms with Crippen molar-refractivity contribution in [2.75, 3.05) is 25.2 Å². The third kappa shape index (κ3) is 5.26. The number of aryl methyl sites for hydroxylation is 1. The first kappa shape index (κ1) is 27.5. The number of rotatable bonds is 9. The summed E-state index contributed by atoms with van der Waals surface area (Å²) in [5.41, 5.74) is 0.617. The van der Waals surface area contributed by atoms with Gasteiger partial charge in [-0.1, -0.05) is 30.1 Å². The van der Waals surface area contributed by atoms with E-state index in [1.54, 1.807) is 38.1 Å². The molecule has 4 rings (SSSR count). The number of anilines is 1. The fourth-order valence-electron chi connectivity index (χ4n) is 4.11. The summed E-state index contributed by atoms with van der Waals surface area (Å²) in [7, 11) is 1.22. The summed E-state index contributed by atoms with van der Waals surface area (Å²) < 4.78 is 29.8. The molecule has 1 aliphatic rings. The van der Waals surface area contributed by atoms with Gasteiger partial charge < -0.3 is 19.3 Å². The van der Waals surface area contributed by atoms with Gasteiger partial charge in [0, 0.05) is 5.56 Å². The number of halogens is 1. The smallest absolute Gasteiger partial charge is 0.350 e. The summed E-state index contributed by atoms with van der Waals surface area (Å²) in [6.07, 6.45) is 1.57. The number of carbonyl (C=O) groups excluding carboxylic acids is 3. The molecular weight excluding hydrogens is 527 g/mol. The zero-order valence-corrected chi connectivity index (χ0v) is 22.2. The number of nitrogens with zero attached hydrogens (tertiary/aromatic N) is 2. The lowest BCUT2D eigenvalue weighted by Gasteiger charge is -2.24. The summed E-state index contributed by atoms with van der Waals surface area (Å²) in [6.45, 7) is 7.53. The Kier molecular flexibility index (Phi) is 8.10. The van der Waals surface area contributed by atoms with Crippen molar-refractivity contribution < 1.29 is 38.1 Å². The van der Waals surface area contributed by atoms with Crippen molar-refractivity contribution in [3.8, 4) is 11.5 Å². The lowest BCUT2D eigenvalue weighted by Crippen LogP contribution is -2.29. The standard InChI is InChI=1S/C28H25FN2O7S/c1-5-13-38-19-12-9-17(14-20(19)37-6-2)22-21(23(32)16-7-10-18(29)11-8-16)24(33)26(34)31(22)28-30-15(3)25(39-28)27(35)36-4/h5,7-12,14,22,32H,1,6,13H2,2-4H3/b23-21+. The van der Waals surface area contributed by atoms with Crippen molar-refractivity contribution in [3.05, 3.63) is 88.2 Å². The number of aromatic nitrogens is 1. The minimum Gasteiger partial charge on any atom is -0.507 e. The van der Waals surface area contributed by atoms with Gasteiger partial charge in [0.05, 0.1) is 31.0 Å². The lowest BCUT2D eigenvalue weighted by molar-refractivity contribution is -0.132. The molecule has 2 heterocycles. The maximum absolute atomic E-state index is 13.6. The maximum Gasteiger partial charge on any atom is 0.350 e. The van der Waals surface area contributed by atoms with Crippen LogP contribution >= 0.6 is 11.3 Å². The molecule has 0 spiro atoms. The van der Waals surface area contributed by atoms with Gasteiger partial charge in [-0.25, -0.2) is 14.2 Å². The first-order valence-corrected chi connectivity index (χ1v) is 12.7. The Morgan fingerprint density at radius 1 is 1.18 bits per heavy atom. The zero-order valence-electron chi connectivity index (χ0n) is 21.4. The Bertz CT molecular complexity index is 1480. The van der Waals surface area contributed by atoms with E-state index in [9.17, 15) is 23.9 Å². The second kappa shape index (κ2) is 11.5. The molecule has 1 unspecified atom stereocenters. The monoisotopic (exact) mass is 552 g/mol. The number of benzene rings is 2. The van der Waals surface area contributed by atoms with Gasteiger partial charge in [0.2, 0.25) is 0 Å². The SMILES string of the molecule is C=CCOc1ccc(C2/C(=C(\O)c3ccc(F)cc3)C(=O)C(=O)N2c2nc(C)c(C(=O)OC)s2)cc1OCC. The molecule has 1 amide bonds. The van der Waals surface area contributed by atoms with E-state index < -0.39 is 35.3 Å². The Morgan fingerprint density at radius 2 is 1.90 bits per heavy atom. The number of amides is 1. The van der Waals surface area contributed by atoms with E-state index in [1.807, 2.05) is 0 Å². The van der Waals surface area contributed by atoms with Crippen LogP contribution in [0.15, 0.2) is 60.7 Å². The molecule has 0 radical (unpaired) electrons. The van der Waals surface area contributed by atoms with Crippen LogP contribution in [-0.4, -0.2) is 48.1 Å². The molecule has 1 fully saturated rings. The van der Waals surface area contributed by atoms with Crippen LogP contribution in [-0.2, 0) is 14.3 Å². The first-order chi connectivity index (χ1) is 18.7. The Hall–Kier alpha value is -4.51. The van der Waals surface area contributed by atoms with E-state index in [2.05, 4.69) is 11.6 Å². The van der Waals surface area contributed by atoms with Crippen LogP contribution in [0.2, 0.25) is 0 Å². The number of ether oxygens (including phenoxy) is 3. The number of aliphatic hydroxyl groups excluding tert-OH is 1. The van der Waals surface area contributed by atoms with Gasteiger partial charge in [0.15, 0.2) is 16.6 Å². The lowest BCUT2D eigenvalue weighted by atomic mass is 9.95. The number of hydrogen-bond donors (Lipinski definition) is 1. The third-order valence-electron chi connectivity index (χ3n) is 5.86. The molecule has 202 valence electrons. The van der Waals surface area contributed by atoms with Gasteiger partial charge in [0.25, 0.3) is 5.78 Å². The fraction of sp³-hybridized carbons (Fsp3) is 0.214. The number of esters is 1. The molecule has 3 aromatic rings. The number of thiazole rings is 1. The normalized spacial score (nSPS) is 16.3. The zero-order chi connectivity index (χ0) is 28.3. The summed E-state index contributed by atoms with van der Waals surface area (Å²) in [5, 5.41) is 11.3. The quantitative estimate of drug-likeness (QED) is 0.130. The fourth-order valence-corrected chi connectivity index (χ4v) is 5.12. The third-order valence-corrected chi connectivity index (χ3v) is 7.00. The number of Topliss-reactive ketones (excluding diaryl/α,β-unsaturated/α-hetero) is 1. The molecule has 39 heavy (non-hydrogen) atoms. The molecule has 0 saturated carbocycles. The highest BCUT2D eigenvalue weighted by molar-refractivity contribution is 7.17. The van der Waals surface area contributed by atoms with Crippen LogP contribution < -0.4 is 14.4 Å². The van der Waals surface area contributed by atoms with Gasteiger partial charge in [-0.2, -0.15) is 0 Å². The topological polar surface area (TPSA) is 115 Å². The van der Waals surface area contributed by atoms with Crippen LogP contribution in [0, 0.1) is 12.7 Å². The minimum atomic E-state index is -1.15. The van der Waals surface area contributed by atoms with E-state index in [1.165, 1.54) is 19.2 Å². The van der Waals surface area contributed by atoms with Crippen LogP contribution in [0.25, 0.3) is 5.76 Å². The van der Waals surface area contributed by atoms with Gasteiger partial charge in [0.1, 0.15) is 23.1 Å². The number of hydrogen-bond acceptors (Lipinski definition) is 9. The highest BCUT2D eigenvalue weighted by Gasteiger charge is 2.48. The van der Waals surface area contributed by atoms with Gasteiger partial charge in [-0.3, -0.25) is 14.5 Å². The van der Waals surface area contributed by atoms with E-state index in [4.69, 9.17) is 14.2 Å². The number of ketones is 1. The van der Waals surface area contributed by atoms with Crippen molar-refractivity contribution in [2.24, 2.45) is 0 Å². The van der Waals surface area contributed by atoms with E-state index >= 15 is 0 Å². The predicted octanol–water partition coefficient (Wildman–Crippen LogP) is 4.97. The van der Waals surface area contributed by atoms with Crippen molar-refractivity contribution in [1.82, 2.24) is 4.98 Å². The van der Waals surface area contributed by atoms with Crippen molar-refractivity contribution in [3.63, 3.8) is 0 Å². The van der Waals surface area contributed by atoms with Crippen molar-refractivity contribution >= 4 is 39.9 Å². The molecule has 11 heteroatoms. The van der Waals surface area contributed by atoms with Crippen LogP contribution in [0.3, 0.4) is 0 Å². The molecule has 9 nitrogen and oxygen atoms in total. The molecule has 0 aliphatic carbocycles. The molecule has 0 bridgehead atoms. The Morgan fingerprint density at radius 3 is 2.54 bits per heavy atom.